The molecule has 9 nitrogen and oxygen atoms in total. The molecule has 0 radical (unpaired) electrons. The smallest absolute Gasteiger partial charge is 0.271 e. The average molecular weight is 592 g/mol. The van der Waals surface area contributed by atoms with Crippen LogP contribution >= 0.6 is 24.0 Å². The van der Waals surface area contributed by atoms with Crippen molar-refractivity contribution in [3.05, 3.63) is 81.7 Å². The first-order valence-corrected chi connectivity index (χ1v) is 14.9. The van der Waals surface area contributed by atoms with Gasteiger partial charge in [-0.25, -0.2) is 15.0 Å². The molecule has 0 saturated heterocycles. The van der Waals surface area contributed by atoms with E-state index < -0.39 is 0 Å². The number of benzene rings is 1. The van der Waals surface area contributed by atoms with Crippen molar-refractivity contribution in [1.29, 1.82) is 0 Å². The van der Waals surface area contributed by atoms with Crippen LogP contribution in [-0.4, -0.2) is 52.3 Å². The lowest BCUT2D eigenvalue weighted by molar-refractivity contribution is 0.345. The molecule has 5 aromatic rings. The molecule has 0 atom stereocenters. The number of rotatable bonds is 3. The third kappa shape index (κ3) is 6.69. The van der Waals surface area contributed by atoms with Gasteiger partial charge < -0.3 is 10.2 Å². The van der Waals surface area contributed by atoms with Gasteiger partial charge in [-0.15, -0.1) is 24.0 Å². The van der Waals surface area contributed by atoms with Gasteiger partial charge in [-0.3, -0.25) is 18.7 Å². The fourth-order valence-electron chi connectivity index (χ4n) is 4.95. The second-order valence-electron chi connectivity index (χ2n) is 10.1. The number of hydrogen-bond donors (Lipinski definition) is 2. The predicted molar refractivity (Wildman–Crippen MR) is 172 cm³/mol. The van der Waals surface area contributed by atoms with Gasteiger partial charge in [0.1, 0.15) is 15.4 Å². The van der Waals surface area contributed by atoms with E-state index in [1.807, 2.05) is 74.1 Å². The van der Waals surface area contributed by atoms with Gasteiger partial charge in [0.2, 0.25) is 0 Å². The summed E-state index contributed by atoms with van der Waals surface area (Å²) in [6.45, 7) is 1.79. The van der Waals surface area contributed by atoms with Crippen molar-refractivity contribution in [2.24, 2.45) is 0 Å². The van der Waals surface area contributed by atoms with Crippen molar-refractivity contribution in [3.8, 4) is 5.69 Å². The normalized spacial score (nSPS) is 13.3. The molecule has 1 fully saturated rings. The van der Waals surface area contributed by atoms with Gasteiger partial charge in [0, 0.05) is 32.5 Å². The molecule has 41 heavy (non-hydrogen) atoms. The van der Waals surface area contributed by atoms with E-state index in [-0.39, 0.29) is 11.1 Å². The van der Waals surface area contributed by atoms with Crippen LogP contribution < -0.4 is 21.3 Å². The monoisotopic (exact) mass is 591 g/mol. The molecular formula is C30H37N7O2S2. The van der Waals surface area contributed by atoms with Crippen LogP contribution in [0.4, 0.5) is 5.69 Å². The Morgan fingerprint density at radius 1 is 0.976 bits per heavy atom. The van der Waals surface area contributed by atoms with Gasteiger partial charge in [0.05, 0.1) is 33.5 Å². The van der Waals surface area contributed by atoms with Gasteiger partial charge in [-0.05, 0) is 52.1 Å². The van der Waals surface area contributed by atoms with E-state index in [2.05, 4.69) is 32.9 Å². The third-order valence-electron chi connectivity index (χ3n) is 6.87. The Morgan fingerprint density at radius 2 is 1.66 bits per heavy atom. The zero-order valence-electron chi connectivity index (χ0n) is 24.2. The molecule has 4 heterocycles. The largest absolute Gasteiger partial charge is 0.377 e. The predicted octanol–water partition coefficient (Wildman–Crippen LogP) is 5.24. The summed E-state index contributed by atoms with van der Waals surface area (Å²) in [6.07, 6.45) is 10.9. The fraction of sp³-hybridized carbons (Fsp3) is 0.367. The second kappa shape index (κ2) is 13.9. The van der Waals surface area contributed by atoms with E-state index in [1.54, 1.807) is 24.0 Å². The SMILES string of the molecule is CN(C)c1ccnc2sc3c(=O)n(C4CCCCC4)cnc3c12.CNC.Cc1ncc(S)c(=O)n1-c1ccccc1. The van der Waals surface area contributed by atoms with Crippen molar-refractivity contribution in [1.82, 2.24) is 29.4 Å². The minimum Gasteiger partial charge on any atom is -0.377 e. The number of hydrogen-bond acceptors (Lipinski definition) is 9. The summed E-state index contributed by atoms with van der Waals surface area (Å²) in [6, 6.07) is 11.7. The molecule has 0 spiro atoms. The summed E-state index contributed by atoms with van der Waals surface area (Å²) >= 11 is 5.53. The highest BCUT2D eigenvalue weighted by Gasteiger charge is 2.21. The van der Waals surface area contributed by atoms with E-state index in [0.717, 1.165) is 44.6 Å². The average Bonchev–Trinajstić information content (AvgIpc) is 3.37. The lowest BCUT2D eigenvalue weighted by Gasteiger charge is -2.23. The van der Waals surface area contributed by atoms with Crippen molar-refractivity contribution >= 4 is 50.1 Å². The number of para-hydroxylation sites is 1. The number of anilines is 1. The van der Waals surface area contributed by atoms with Crippen molar-refractivity contribution in [2.75, 3.05) is 33.1 Å². The first kappa shape index (κ1) is 30.4. The lowest BCUT2D eigenvalue weighted by Crippen LogP contribution is -2.26. The second-order valence-corrected chi connectivity index (χ2v) is 11.6. The highest BCUT2D eigenvalue weighted by Crippen LogP contribution is 2.36. The van der Waals surface area contributed by atoms with Crippen LogP contribution in [0.5, 0.6) is 0 Å². The highest BCUT2D eigenvalue weighted by atomic mass is 32.1. The van der Waals surface area contributed by atoms with E-state index >= 15 is 0 Å². The van der Waals surface area contributed by atoms with Gasteiger partial charge in [-0.2, -0.15) is 0 Å². The topological polar surface area (TPSA) is 97.9 Å². The molecule has 1 aliphatic carbocycles. The number of thiophene rings is 1. The quantitative estimate of drug-likeness (QED) is 0.277. The number of aromatic nitrogens is 5. The van der Waals surface area contributed by atoms with Gasteiger partial charge in [0.15, 0.2) is 0 Å². The number of pyridine rings is 1. The highest BCUT2D eigenvalue weighted by molar-refractivity contribution is 7.80. The summed E-state index contributed by atoms with van der Waals surface area (Å²) in [4.78, 5) is 41.3. The summed E-state index contributed by atoms with van der Waals surface area (Å²) in [5.41, 5.74) is 2.61. The molecule has 4 aromatic heterocycles. The first-order valence-electron chi connectivity index (χ1n) is 13.7. The lowest BCUT2D eigenvalue weighted by atomic mass is 9.95. The van der Waals surface area contributed by atoms with Crippen LogP contribution in [0.15, 0.2) is 69.6 Å². The van der Waals surface area contributed by atoms with Crippen LogP contribution in [0.2, 0.25) is 0 Å². The van der Waals surface area contributed by atoms with Gasteiger partial charge >= 0.3 is 0 Å². The summed E-state index contributed by atoms with van der Waals surface area (Å²) in [7, 11) is 7.75. The Bertz CT molecular complexity index is 1720. The standard InChI is InChI=1S/C17H20N4OS.C11H10N2OS.C2H7N/c1-20(2)12-8-9-18-16-13(12)14-15(23-16)17(22)21(10-19-14)11-6-4-3-5-7-11;1-8-12-7-10(15)11(14)13(8)9-5-3-2-4-6-9;1-3-2/h8-11H,3-7H2,1-2H3;2-7,15H,1H3;3H,1-2H3. The maximum absolute atomic E-state index is 13.0. The minimum atomic E-state index is -0.142. The Labute approximate surface area is 249 Å². The van der Waals surface area contributed by atoms with E-state index in [9.17, 15) is 9.59 Å². The number of fused-ring (bicyclic) bond motifs is 3. The summed E-state index contributed by atoms with van der Waals surface area (Å²) < 4.78 is 4.13. The van der Waals surface area contributed by atoms with Crippen LogP contribution in [-0.2, 0) is 0 Å². The maximum Gasteiger partial charge on any atom is 0.271 e. The Hall–Kier alpha value is -3.54. The van der Waals surface area contributed by atoms with Crippen LogP contribution in [0.3, 0.4) is 0 Å². The fourth-order valence-corrected chi connectivity index (χ4v) is 6.16. The molecule has 1 N–H and O–H groups in total. The van der Waals surface area contributed by atoms with Gasteiger partial charge in [0.25, 0.3) is 11.1 Å². The Balaban J connectivity index is 0.000000186. The molecular weight excluding hydrogens is 555 g/mol. The molecule has 0 amide bonds. The summed E-state index contributed by atoms with van der Waals surface area (Å²) in [5, 5.41) is 3.74. The van der Waals surface area contributed by atoms with Crippen LogP contribution in [0.1, 0.15) is 44.0 Å². The molecule has 0 bridgehead atoms. The molecule has 1 aromatic carbocycles. The van der Waals surface area contributed by atoms with Gasteiger partial charge in [-0.1, -0.05) is 37.5 Å². The van der Waals surface area contributed by atoms with Crippen LogP contribution in [0, 0.1) is 6.92 Å². The molecule has 216 valence electrons. The summed E-state index contributed by atoms with van der Waals surface area (Å²) in [5.74, 6) is 0.656. The maximum atomic E-state index is 13.0. The number of nitrogens with zero attached hydrogens (tertiary/aromatic N) is 6. The third-order valence-corrected chi connectivity index (χ3v) is 8.25. The minimum absolute atomic E-state index is 0.0922. The number of nitrogens with one attached hydrogen (secondary N) is 1. The Morgan fingerprint density at radius 3 is 2.32 bits per heavy atom. The zero-order chi connectivity index (χ0) is 29.5. The zero-order valence-corrected chi connectivity index (χ0v) is 25.9. The molecule has 0 unspecified atom stereocenters. The van der Waals surface area contributed by atoms with Crippen LogP contribution in [0.25, 0.3) is 26.1 Å². The number of aryl methyl sites for hydroxylation is 1. The van der Waals surface area contributed by atoms with E-state index in [1.165, 1.54) is 36.8 Å². The number of thiol groups is 1. The molecule has 1 saturated carbocycles. The van der Waals surface area contributed by atoms with E-state index in [4.69, 9.17) is 0 Å². The van der Waals surface area contributed by atoms with E-state index in [0.29, 0.717) is 16.8 Å². The van der Waals surface area contributed by atoms with Crippen molar-refractivity contribution in [3.63, 3.8) is 0 Å². The first-order chi connectivity index (χ1) is 19.8. The molecule has 6 rings (SSSR count). The van der Waals surface area contributed by atoms with Crippen molar-refractivity contribution < 1.29 is 0 Å². The molecule has 0 aliphatic heterocycles. The Kier molecular flexibility index (Phi) is 10.3. The van der Waals surface area contributed by atoms with Crippen molar-refractivity contribution in [2.45, 2.75) is 50.0 Å². The molecule has 1 aliphatic rings. The molecule has 11 heteroatoms.